The van der Waals surface area contributed by atoms with Crippen molar-refractivity contribution in [1.82, 2.24) is 0 Å². The van der Waals surface area contributed by atoms with Gasteiger partial charge in [-0.2, -0.15) is 0 Å². The molecule has 70 valence electrons. The lowest BCUT2D eigenvalue weighted by molar-refractivity contribution is 0.572. The first kappa shape index (κ1) is 9.01. The lowest BCUT2D eigenvalue weighted by Gasteiger charge is -2.07. The summed E-state index contributed by atoms with van der Waals surface area (Å²) in [4.78, 5) is 0. The van der Waals surface area contributed by atoms with E-state index in [4.69, 9.17) is 11.6 Å². The first-order valence-corrected chi connectivity index (χ1v) is 5.10. The maximum absolute atomic E-state index is 13.4. The molecule has 0 aromatic heterocycles. The fourth-order valence-electron chi connectivity index (χ4n) is 2.12. The van der Waals surface area contributed by atoms with Crippen LogP contribution in [-0.2, 0) is 0 Å². The minimum Gasteiger partial charge on any atom is -0.207 e. The largest absolute Gasteiger partial charge is 0.207 e. The Morgan fingerprint density at radius 3 is 3.00 bits per heavy atom. The van der Waals surface area contributed by atoms with E-state index in [0.717, 1.165) is 24.0 Å². The fraction of sp³-hybridized carbons (Fsp3) is 0.455. The second-order valence-corrected chi connectivity index (χ2v) is 4.08. The van der Waals surface area contributed by atoms with Crippen LogP contribution in [0.2, 0.25) is 0 Å². The fourth-order valence-corrected chi connectivity index (χ4v) is 2.53. The molecule has 2 rings (SSSR count). The van der Waals surface area contributed by atoms with Crippen LogP contribution >= 0.6 is 11.6 Å². The van der Waals surface area contributed by atoms with Crippen LogP contribution < -0.4 is 0 Å². The summed E-state index contributed by atoms with van der Waals surface area (Å²) in [5, 5.41) is 0.00986. The van der Waals surface area contributed by atoms with Crippen molar-refractivity contribution in [2.75, 3.05) is 0 Å². The van der Waals surface area contributed by atoms with Crippen molar-refractivity contribution >= 4 is 11.6 Å². The molecule has 2 heteroatoms. The summed E-state index contributed by atoms with van der Waals surface area (Å²) in [5.74, 6) is 0.228. The van der Waals surface area contributed by atoms with Gasteiger partial charge >= 0.3 is 0 Å². The van der Waals surface area contributed by atoms with Crippen molar-refractivity contribution < 1.29 is 4.39 Å². The number of benzene rings is 1. The van der Waals surface area contributed by atoms with E-state index < -0.39 is 0 Å². The summed E-state index contributed by atoms with van der Waals surface area (Å²) in [6.45, 7) is 2.08. The molecule has 0 bridgehead atoms. The Hall–Kier alpha value is -0.560. The molecular weight excluding hydrogens is 187 g/mol. The minimum atomic E-state index is -0.0903. The summed E-state index contributed by atoms with van der Waals surface area (Å²) in [7, 11) is 0. The Balaban J connectivity index is 2.52. The molecule has 0 saturated carbocycles. The van der Waals surface area contributed by atoms with Crippen molar-refractivity contribution in [3.63, 3.8) is 0 Å². The molecule has 0 fully saturated rings. The molecule has 0 heterocycles. The van der Waals surface area contributed by atoms with Gasteiger partial charge in [-0.25, -0.2) is 4.39 Å². The zero-order valence-electron chi connectivity index (χ0n) is 7.56. The summed E-state index contributed by atoms with van der Waals surface area (Å²) in [6, 6.07) is 5.20. The first-order valence-electron chi connectivity index (χ1n) is 4.66. The van der Waals surface area contributed by atoms with Crippen LogP contribution in [0.4, 0.5) is 4.39 Å². The Kier molecular flexibility index (Phi) is 2.29. The van der Waals surface area contributed by atoms with E-state index in [-0.39, 0.29) is 11.2 Å². The average Bonchev–Trinajstić information content (AvgIpc) is 2.45. The molecule has 0 spiro atoms. The molecule has 13 heavy (non-hydrogen) atoms. The van der Waals surface area contributed by atoms with E-state index in [2.05, 4.69) is 6.92 Å². The second-order valence-electron chi connectivity index (χ2n) is 3.55. The zero-order valence-corrected chi connectivity index (χ0v) is 8.31. The molecule has 0 saturated heterocycles. The predicted molar refractivity (Wildman–Crippen MR) is 52.6 cm³/mol. The zero-order chi connectivity index (χ0) is 9.42. The maximum atomic E-state index is 13.4. The molecule has 1 aliphatic rings. The maximum Gasteiger partial charge on any atom is 0.127 e. The van der Waals surface area contributed by atoms with Crippen molar-refractivity contribution in [3.8, 4) is 0 Å². The Bertz CT molecular complexity index is 322. The third kappa shape index (κ3) is 1.35. The van der Waals surface area contributed by atoms with Gasteiger partial charge in [0, 0.05) is 0 Å². The smallest absolute Gasteiger partial charge is 0.127 e. The van der Waals surface area contributed by atoms with Gasteiger partial charge in [0.2, 0.25) is 0 Å². The molecule has 0 radical (unpaired) electrons. The van der Waals surface area contributed by atoms with E-state index in [1.165, 1.54) is 6.07 Å². The summed E-state index contributed by atoms with van der Waals surface area (Å²) in [5.41, 5.74) is 1.85. The van der Waals surface area contributed by atoms with Crippen LogP contribution in [0.1, 0.15) is 42.2 Å². The van der Waals surface area contributed by atoms with Crippen molar-refractivity contribution in [2.24, 2.45) is 0 Å². The van der Waals surface area contributed by atoms with Gasteiger partial charge in [-0.15, -0.1) is 11.6 Å². The first-order chi connectivity index (χ1) is 6.24. The lowest BCUT2D eigenvalue weighted by Crippen LogP contribution is -1.94. The molecule has 0 nitrogen and oxygen atoms in total. The van der Waals surface area contributed by atoms with Crippen LogP contribution in [0.15, 0.2) is 18.2 Å². The molecule has 0 amide bonds. The quantitative estimate of drug-likeness (QED) is 0.599. The third-order valence-electron chi connectivity index (χ3n) is 2.82. The van der Waals surface area contributed by atoms with E-state index in [0.29, 0.717) is 5.92 Å². The summed E-state index contributed by atoms with van der Waals surface area (Å²) < 4.78 is 13.4. The van der Waals surface area contributed by atoms with Crippen LogP contribution in [-0.4, -0.2) is 0 Å². The van der Waals surface area contributed by atoms with Crippen molar-refractivity contribution in [2.45, 2.75) is 31.1 Å². The van der Waals surface area contributed by atoms with Gasteiger partial charge in [-0.1, -0.05) is 19.1 Å². The van der Waals surface area contributed by atoms with E-state index in [1.54, 1.807) is 6.07 Å². The molecule has 2 unspecified atom stereocenters. The SMILES string of the molecule is CCC1CC(Cl)c2cccc(F)c21. The Morgan fingerprint density at radius 2 is 2.31 bits per heavy atom. The molecule has 1 aliphatic carbocycles. The van der Waals surface area contributed by atoms with Crippen molar-refractivity contribution in [3.05, 3.63) is 35.1 Å². The predicted octanol–water partition coefficient (Wildman–Crippen LogP) is 4.00. The normalized spacial score (nSPS) is 26.1. The van der Waals surface area contributed by atoms with Gasteiger partial charge in [0.25, 0.3) is 0 Å². The number of hydrogen-bond donors (Lipinski definition) is 0. The summed E-state index contributed by atoms with van der Waals surface area (Å²) in [6.07, 6.45) is 1.85. The van der Waals surface area contributed by atoms with Gasteiger partial charge < -0.3 is 0 Å². The van der Waals surface area contributed by atoms with Crippen LogP contribution in [0.5, 0.6) is 0 Å². The molecule has 1 aromatic rings. The number of rotatable bonds is 1. The number of alkyl halides is 1. The third-order valence-corrected chi connectivity index (χ3v) is 3.23. The molecule has 1 aromatic carbocycles. The highest BCUT2D eigenvalue weighted by atomic mass is 35.5. The van der Waals surface area contributed by atoms with Crippen LogP contribution in [0.25, 0.3) is 0 Å². The molecule has 2 atom stereocenters. The second kappa shape index (κ2) is 3.30. The van der Waals surface area contributed by atoms with Gasteiger partial charge in [0.1, 0.15) is 5.82 Å². The van der Waals surface area contributed by atoms with Gasteiger partial charge in [0.05, 0.1) is 5.38 Å². The minimum absolute atomic E-state index is 0.00986. The van der Waals surface area contributed by atoms with Gasteiger partial charge in [0.15, 0.2) is 0 Å². The number of fused-ring (bicyclic) bond motifs is 1. The van der Waals surface area contributed by atoms with Gasteiger partial charge in [-0.05, 0) is 36.0 Å². The van der Waals surface area contributed by atoms with Gasteiger partial charge in [-0.3, -0.25) is 0 Å². The average molecular weight is 199 g/mol. The Morgan fingerprint density at radius 1 is 1.54 bits per heavy atom. The highest BCUT2D eigenvalue weighted by Gasteiger charge is 2.30. The monoisotopic (exact) mass is 198 g/mol. The molecular formula is C11H12ClF. The van der Waals surface area contributed by atoms with E-state index in [1.807, 2.05) is 6.07 Å². The number of halogens is 2. The van der Waals surface area contributed by atoms with Crippen molar-refractivity contribution in [1.29, 1.82) is 0 Å². The number of hydrogen-bond acceptors (Lipinski definition) is 0. The van der Waals surface area contributed by atoms with E-state index >= 15 is 0 Å². The Labute approximate surface area is 82.7 Å². The van der Waals surface area contributed by atoms with Crippen LogP contribution in [0, 0.1) is 5.82 Å². The van der Waals surface area contributed by atoms with E-state index in [9.17, 15) is 4.39 Å². The highest BCUT2D eigenvalue weighted by molar-refractivity contribution is 6.21. The highest BCUT2D eigenvalue weighted by Crippen LogP contribution is 2.46. The topological polar surface area (TPSA) is 0 Å². The summed E-state index contributed by atoms with van der Waals surface area (Å²) >= 11 is 6.12. The standard InChI is InChI=1S/C11H12ClF/c1-2-7-6-9(12)8-4-3-5-10(13)11(7)8/h3-5,7,9H,2,6H2,1H3. The lowest BCUT2D eigenvalue weighted by atomic mass is 9.98. The van der Waals surface area contributed by atoms with Crippen LogP contribution in [0.3, 0.4) is 0 Å². The molecule has 0 aliphatic heterocycles. The molecule has 0 N–H and O–H groups in total.